The van der Waals surface area contributed by atoms with Gasteiger partial charge in [0.2, 0.25) is 0 Å². The van der Waals surface area contributed by atoms with Gasteiger partial charge in [-0.05, 0) is 74.8 Å². The molecule has 0 aromatic heterocycles. The third-order valence-electron chi connectivity index (χ3n) is 4.60. The summed E-state index contributed by atoms with van der Waals surface area (Å²) in [4.78, 5) is 2.56. The van der Waals surface area contributed by atoms with Crippen molar-refractivity contribution in [2.75, 3.05) is 26.2 Å². The van der Waals surface area contributed by atoms with E-state index in [-0.39, 0.29) is 5.82 Å². The van der Waals surface area contributed by atoms with Gasteiger partial charge in [-0.15, -0.1) is 0 Å². The van der Waals surface area contributed by atoms with E-state index in [2.05, 4.69) is 11.8 Å². The zero-order chi connectivity index (χ0) is 14.4. The Morgan fingerprint density at radius 1 is 1.25 bits per heavy atom. The summed E-state index contributed by atoms with van der Waals surface area (Å²) in [7, 11) is 0. The molecule has 1 aromatic rings. The molecule has 0 spiro atoms. The van der Waals surface area contributed by atoms with Crippen molar-refractivity contribution in [1.29, 1.82) is 0 Å². The van der Waals surface area contributed by atoms with E-state index in [0.717, 1.165) is 25.4 Å². The highest BCUT2D eigenvalue weighted by Gasteiger charge is 2.24. The number of aryl methyl sites for hydroxylation is 1. The van der Waals surface area contributed by atoms with Crippen LogP contribution >= 0.6 is 0 Å². The van der Waals surface area contributed by atoms with Crippen LogP contribution in [0.2, 0.25) is 0 Å². The fourth-order valence-corrected chi connectivity index (χ4v) is 3.05. The van der Waals surface area contributed by atoms with Crippen molar-refractivity contribution in [2.45, 2.75) is 32.6 Å². The van der Waals surface area contributed by atoms with Crippen LogP contribution in [-0.2, 0) is 6.42 Å². The lowest BCUT2D eigenvalue weighted by atomic mass is 9.87. The van der Waals surface area contributed by atoms with E-state index in [0.29, 0.717) is 5.92 Å². The van der Waals surface area contributed by atoms with Gasteiger partial charge in [0.05, 0.1) is 0 Å². The van der Waals surface area contributed by atoms with Crippen LogP contribution in [-0.4, -0.2) is 31.1 Å². The van der Waals surface area contributed by atoms with Crippen molar-refractivity contribution in [3.05, 3.63) is 35.6 Å². The largest absolute Gasteiger partial charge is 0.330 e. The molecule has 2 rings (SSSR count). The highest BCUT2D eigenvalue weighted by atomic mass is 19.1. The molecule has 1 aliphatic heterocycles. The molecule has 2 atom stereocenters. The number of likely N-dealkylation sites (tertiary alicyclic amines) is 1. The zero-order valence-electron chi connectivity index (χ0n) is 12.5. The number of hydrogen-bond donors (Lipinski definition) is 1. The van der Waals surface area contributed by atoms with Gasteiger partial charge in [0.15, 0.2) is 0 Å². The van der Waals surface area contributed by atoms with Gasteiger partial charge < -0.3 is 10.6 Å². The minimum absolute atomic E-state index is 0.149. The molecule has 1 saturated heterocycles. The Kier molecular flexibility index (Phi) is 5.99. The fourth-order valence-electron chi connectivity index (χ4n) is 3.05. The molecule has 1 aliphatic rings. The maximum atomic E-state index is 12.8. The van der Waals surface area contributed by atoms with E-state index >= 15 is 0 Å². The lowest BCUT2D eigenvalue weighted by molar-refractivity contribution is 0.130. The normalized spacial score (nSPS) is 23.9. The smallest absolute Gasteiger partial charge is 0.123 e. The number of nitrogens with two attached hydrogens (primary N) is 1. The summed E-state index contributed by atoms with van der Waals surface area (Å²) in [5.74, 6) is 1.29. The van der Waals surface area contributed by atoms with Crippen molar-refractivity contribution < 1.29 is 4.39 Å². The first-order valence-electron chi connectivity index (χ1n) is 7.86. The van der Waals surface area contributed by atoms with Crippen LogP contribution < -0.4 is 5.73 Å². The molecule has 3 heteroatoms. The van der Waals surface area contributed by atoms with Crippen LogP contribution in [0.15, 0.2) is 24.3 Å². The summed E-state index contributed by atoms with van der Waals surface area (Å²) >= 11 is 0. The first-order chi connectivity index (χ1) is 9.69. The van der Waals surface area contributed by atoms with E-state index in [4.69, 9.17) is 5.73 Å². The summed E-state index contributed by atoms with van der Waals surface area (Å²) in [6.07, 6.45) is 4.71. The van der Waals surface area contributed by atoms with E-state index in [9.17, 15) is 4.39 Å². The van der Waals surface area contributed by atoms with Crippen LogP contribution in [0.25, 0.3) is 0 Å². The molecule has 2 unspecified atom stereocenters. The van der Waals surface area contributed by atoms with E-state index in [1.165, 1.54) is 37.9 Å². The van der Waals surface area contributed by atoms with Gasteiger partial charge in [-0.2, -0.15) is 0 Å². The SMILES string of the molecule is CC1CCN(CCCCc2ccc(F)cc2)CC1CN. The minimum Gasteiger partial charge on any atom is -0.330 e. The Labute approximate surface area is 122 Å². The Bertz CT molecular complexity index is 390. The van der Waals surface area contributed by atoms with Gasteiger partial charge in [0.25, 0.3) is 0 Å². The highest BCUT2D eigenvalue weighted by Crippen LogP contribution is 2.22. The second kappa shape index (κ2) is 7.75. The molecule has 2 N–H and O–H groups in total. The Balaban J connectivity index is 1.65. The molecule has 0 bridgehead atoms. The van der Waals surface area contributed by atoms with Crippen molar-refractivity contribution in [2.24, 2.45) is 17.6 Å². The topological polar surface area (TPSA) is 29.3 Å². The summed E-state index contributed by atoms with van der Waals surface area (Å²) < 4.78 is 12.8. The van der Waals surface area contributed by atoms with Crippen molar-refractivity contribution in [3.8, 4) is 0 Å². The number of rotatable bonds is 6. The van der Waals surface area contributed by atoms with E-state index in [1.807, 2.05) is 12.1 Å². The lowest BCUT2D eigenvalue weighted by Gasteiger charge is -2.36. The minimum atomic E-state index is -0.149. The van der Waals surface area contributed by atoms with Gasteiger partial charge in [-0.3, -0.25) is 0 Å². The second-order valence-corrected chi connectivity index (χ2v) is 6.15. The van der Waals surface area contributed by atoms with Gasteiger partial charge in [-0.1, -0.05) is 19.1 Å². The molecular formula is C17H27FN2. The molecular weight excluding hydrogens is 251 g/mol. The molecule has 2 nitrogen and oxygen atoms in total. The van der Waals surface area contributed by atoms with Gasteiger partial charge >= 0.3 is 0 Å². The Morgan fingerprint density at radius 3 is 2.70 bits per heavy atom. The molecule has 1 heterocycles. The predicted molar refractivity (Wildman–Crippen MR) is 82.1 cm³/mol. The number of halogens is 1. The molecule has 0 amide bonds. The third kappa shape index (κ3) is 4.57. The number of benzene rings is 1. The van der Waals surface area contributed by atoms with Crippen LogP contribution in [0.4, 0.5) is 4.39 Å². The summed E-state index contributed by atoms with van der Waals surface area (Å²) in [5, 5.41) is 0. The maximum Gasteiger partial charge on any atom is 0.123 e. The van der Waals surface area contributed by atoms with E-state index < -0.39 is 0 Å². The number of unbranched alkanes of at least 4 members (excludes halogenated alkanes) is 1. The summed E-state index contributed by atoms with van der Waals surface area (Å²) in [5.41, 5.74) is 7.08. The third-order valence-corrected chi connectivity index (χ3v) is 4.60. The predicted octanol–water partition coefficient (Wildman–Crippen LogP) is 3.07. The summed E-state index contributed by atoms with van der Waals surface area (Å²) in [6.45, 7) is 6.68. The molecule has 1 fully saturated rings. The van der Waals surface area contributed by atoms with Crippen LogP contribution in [0, 0.1) is 17.7 Å². The van der Waals surface area contributed by atoms with Crippen LogP contribution in [0.1, 0.15) is 31.7 Å². The maximum absolute atomic E-state index is 12.8. The average molecular weight is 278 g/mol. The summed E-state index contributed by atoms with van der Waals surface area (Å²) in [6, 6.07) is 6.88. The monoisotopic (exact) mass is 278 g/mol. The number of nitrogens with zero attached hydrogens (tertiary/aromatic N) is 1. The molecule has 1 aromatic carbocycles. The standard InChI is InChI=1S/C17H27FN2/c1-14-9-11-20(13-16(14)12-19)10-3-2-4-15-5-7-17(18)8-6-15/h5-8,14,16H,2-4,9-13,19H2,1H3. The van der Waals surface area contributed by atoms with E-state index in [1.54, 1.807) is 12.1 Å². The van der Waals surface area contributed by atoms with Gasteiger partial charge in [0, 0.05) is 6.54 Å². The molecule has 20 heavy (non-hydrogen) atoms. The van der Waals surface area contributed by atoms with Crippen molar-refractivity contribution in [1.82, 2.24) is 4.90 Å². The quantitative estimate of drug-likeness (QED) is 0.810. The lowest BCUT2D eigenvalue weighted by Crippen LogP contribution is -2.42. The fraction of sp³-hybridized carbons (Fsp3) is 0.647. The van der Waals surface area contributed by atoms with Crippen molar-refractivity contribution in [3.63, 3.8) is 0 Å². The second-order valence-electron chi connectivity index (χ2n) is 6.15. The van der Waals surface area contributed by atoms with Crippen molar-refractivity contribution >= 4 is 0 Å². The average Bonchev–Trinajstić information content (AvgIpc) is 2.47. The number of hydrogen-bond acceptors (Lipinski definition) is 2. The van der Waals surface area contributed by atoms with Gasteiger partial charge in [0.1, 0.15) is 5.82 Å². The first kappa shape index (κ1) is 15.5. The molecule has 112 valence electrons. The van der Waals surface area contributed by atoms with Crippen LogP contribution in [0.3, 0.4) is 0 Å². The van der Waals surface area contributed by atoms with Crippen LogP contribution in [0.5, 0.6) is 0 Å². The van der Waals surface area contributed by atoms with Gasteiger partial charge in [-0.25, -0.2) is 4.39 Å². The Morgan fingerprint density at radius 2 is 2.00 bits per heavy atom. The highest BCUT2D eigenvalue weighted by molar-refractivity contribution is 5.15. The number of piperidine rings is 1. The first-order valence-corrected chi connectivity index (χ1v) is 7.86. The molecule has 0 aliphatic carbocycles. The molecule has 0 saturated carbocycles. The zero-order valence-corrected chi connectivity index (χ0v) is 12.5. The molecule has 0 radical (unpaired) electrons. The Hall–Kier alpha value is -0.930.